The van der Waals surface area contributed by atoms with Crippen LogP contribution in [0.5, 0.6) is 0 Å². The summed E-state index contributed by atoms with van der Waals surface area (Å²) in [7, 11) is 1.81. The van der Waals surface area contributed by atoms with E-state index in [1.165, 1.54) is 0 Å². The van der Waals surface area contributed by atoms with Gasteiger partial charge in [-0.05, 0) is 26.7 Å². The lowest BCUT2D eigenvalue weighted by Crippen LogP contribution is -2.53. The number of rotatable bonds is 8. The molecular weight excluding hydrogens is 308 g/mol. The lowest BCUT2D eigenvalue weighted by atomic mass is 10.2. The maximum absolute atomic E-state index is 5.76. The van der Waals surface area contributed by atoms with Crippen LogP contribution in [-0.2, 0) is 14.2 Å². The largest absolute Gasteiger partial charge is 0.379 e. The molecule has 0 aromatic rings. The average Bonchev–Trinajstić information content (AvgIpc) is 3.11. The Balaban J connectivity index is 1.56. The van der Waals surface area contributed by atoms with Crippen molar-refractivity contribution in [1.82, 2.24) is 15.5 Å². The highest BCUT2D eigenvalue weighted by Crippen LogP contribution is 2.10. The Kier molecular flexibility index (Phi) is 8.80. The molecule has 3 unspecified atom stereocenters. The van der Waals surface area contributed by atoms with Gasteiger partial charge in [0.05, 0.1) is 25.9 Å². The van der Waals surface area contributed by atoms with Crippen molar-refractivity contribution in [3.8, 4) is 0 Å². The van der Waals surface area contributed by atoms with Gasteiger partial charge in [0.25, 0.3) is 0 Å². The molecule has 0 spiro atoms. The summed E-state index contributed by atoms with van der Waals surface area (Å²) in [6.07, 6.45) is 2.28. The topological polar surface area (TPSA) is 67.4 Å². The summed E-state index contributed by atoms with van der Waals surface area (Å²) >= 11 is 0. The Morgan fingerprint density at radius 2 is 2.12 bits per heavy atom. The molecule has 2 aliphatic heterocycles. The fourth-order valence-electron chi connectivity index (χ4n) is 3.15. The second-order valence-corrected chi connectivity index (χ2v) is 6.60. The molecule has 0 aromatic heterocycles. The van der Waals surface area contributed by atoms with Crippen LogP contribution in [0.1, 0.15) is 26.7 Å². The van der Waals surface area contributed by atoms with Crippen LogP contribution in [0.25, 0.3) is 0 Å². The van der Waals surface area contributed by atoms with Crippen LogP contribution >= 0.6 is 0 Å². The Morgan fingerprint density at radius 1 is 1.29 bits per heavy atom. The van der Waals surface area contributed by atoms with Crippen LogP contribution in [0.4, 0.5) is 0 Å². The van der Waals surface area contributed by atoms with Crippen molar-refractivity contribution >= 4 is 5.96 Å². The van der Waals surface area contributed by atoms with Gasteiger partial charge in [0, 0.05) is 52.0 Å². The maximum Gasteiger partial charge on any atom is 0.191 e. The summed E-state index contributed by atoms with van der Waals surface area (Å²) < 4.78 is 16.6. The molecule has 7 nitrogen and oxygen atoms in total. The quantitative estimate of drug-likeness (QED) is 0.379. The van der Waals surface area contributed by atoms with Gasteiger partial charge < -0.3 is 24.8 Å². The molecule has 0 aromatic carbocycles. The molecule has 0 bridgehead atoms. The lowest BCUT2D eigenvalue weighted by Gasteiger charge is -2.38. The molecule has 2 aliphatic rings. The smallest absolute Gasteiger partial charge is 0.191 e. The number of aliphatic imine (C=N–C) groups is 1. The first-order chi connectivity index (χ1) is 11.7. The van der Waals surface area contributed by atoms with E-state index in [0.29, 0.717) is 18.2 Å². The summed E-state index contributed by atoms with van der Waals surface area (Å²) in [6, 6.07) is 0.926. The minimum absolute atomic E-state index is 0.291. The molecule has 2 saturated heterocycles. The molecule has 0 radical (unpaired) electrons. The molecule has 0 saturated carbocycles. The SMILES string of the molecule is CN=C(NCCCOC1CCOC1)NCC(C)N1CCOCC1C. The number of guanidine groups is 1. The van der Waals surface area contributed by atoms with E-state index < -0.39 is 0 Å². The molecule has 140 valence electrons. The highest BCUT2D eigenvalue weighted by atomic mass is 16.5. The van der Waals surface area contributed by atoms with Crippen molar-refractivity contribution in [3.63, 3.8) is 0 Å². The highest BCUT2D eigenvalue weighted by molar-refractivity contribution is 5.79. The third-order valence-electron chi connectivity index (χ3n) is 4.63. The molecule has 2 fully saturated rings. The van der Waals surface area contributed by atoms with E-state index in [9.17, 15) is 0 Å². The minimum atomic E-state index is 0.291. The van der Waals surface area contributed by atoms with E-state index in [2.05, 4.69) is 34.4 Å². The van der Waals surface area contributed by atoms with Crippen molar-refractivity contribution in [3.05, 3.63) is 0 Å². The van der Waals surface area contributed by atoms with Crippen molar-refractivity contribution in [2.24, 2.45) is 4.99 Å². The average molecular weight is 342 g/mol. The van der Waals surface area contributed by atoms with Gasteiger partial charge in [-0.1, -0.05) is 0 Å². The molecule has 0 aliphatic carbocycles. The first-order valence-electron chi connectivity index (χ1n) is 9.18. The highest BCUT2D eigenvalue weighted by Gasteiger charge is 2.23. The Labute approximate surface area is 146 Å². The predicted molar refractivity (Wildman–Crippen MR) is 95.6 cm³/mol. The monoisotopic (exact) mass is 342 g/mol. The van der Waals surface area contributed by atoms with Crippen molar-refractivity contribution < 1.29 is 14.2 Å². The summed E-state index contributed by atoms with van der Waals surface area (Å²) in [5.41, 5.74) is 0. The molecule has 7 heteroatoms. The standard InChI is InChI=1S/C17H34N4O3/c1-14(21-7-10-23-12-15(21)2)11-20-17(18-3)19-6-4-8-24-16-5-9-22-13-16/h14-16H,4-13H2,1-3H3,(H2,18,19,20). The fraction of sp³-hybridized carbons (Fsp3) is 0.941. The second kappa shape index (κ2) is 10.9. The van der Waals surface area contributed by atoms with Crippen molar-refractivity contribution in [1.29, 1.82) is 0 Å². The molecule has 0 amide bonds. The predicted octanol–water partition coefficient (Wildman–Crippen LogP) is 0.456. The molecule has 24 heavy (non-hydrogen) atoms. The van der Waals surface area contributed by atoms with E-state index in [1.807, 2.05) is 7.05 Å². The van der Waals surface area contributed by atoms with Gasteiger partial charge in [-0.3, -0.25) is 9.89 Å². The molecule has 3 atom stereocenters. The van der Waals surface area contributed by atoms with Gasteiger partial charge in [-0.25, -0.2) is 0 Å². The van der Waals surface area contributed by atoms with Gasteiger partial charge in [0.1, 0.15) is 0 Å². The zero-order valence-corrected chi connectivity index (χ0v) is 15.4. The first kappa shape index (κ1) is 19.4. The van der Waals surface area contributed by atoms with Crippen LogP contribution in [0.2, 0.25) is 0 Å². The van der Waals surface area contributed by atoms with Crippen LogP contribution in [0.3, 0.4) is 0 Å². The molecule has 2 heterocycles. The fourth-order valence-corrected chi connectivity index (χ4v) is 3.15. The van der Waals surface area contributed by atoms with Gasteiger partial charge in [-0.15, -0.1) is 0 Å². The third-order valence-corrected chi connectivity index (χ3v) is 4.63. The number of ether oxygens (including phenoxy) is 3. The van der Waals surface area contributed by atoms with Gasteiger partial charge in [0.15, 0.2) is 5.96 Å². The van der Waals surface area contributed by atoms with E-state index >= 15 is 0 Å². The minimum Gasteiger partial charge on any atom is -0.379 e. The zero-order valence-electron chi connectivity index (χ0n) is 15.4. The summed E-state index contributed by atoms with van der Waals surface area (Å²) in [5.74, 6) is 0.854. The van der Waals surface area contributed by atoms with E-state index in [0.717, 1.165) is 71.5 Å². The van der Waals surface area contributed by atoms with E-state index in [-0.39, 0.29) is 0 Å². The van der Waals surface area contributed by atoms with Crippen molar-refractivity contribution in [2.45, 2.75) is 44.9 Å². The molecule has 2 rings (SSSR count). The van der Waals surface area contributed by atoms with Crippen LogP contribution in [0.15, 0.2) is 4.99 Å². The summed E-state index contributed by atoms with van der Waals surface area (Å²) in [4.78, 5) is 6.78. The van der Waals surface area contributed by atoms with E-state index in [4.69, 9.17) is 14.2 Å². The lowest BCUT2D eigenvalue weighted by molar-refractivity contribution is -0.0174. The third kappa shape index (κ3) is 6.55. The first-order valence-corrected chi connectivity index (χ1v) is 9.18. The van der Waals surface area contributed by atoms with Gasteiger partial charge in [0.2, 0.25) is 0 Å². The van der Waals surface area contributed by atoms with Gasteiger partial charge >= 0.3 is 0 Å². The number of hydrogen-bond acceptors (Lipinski definition) is 5. The Morgan fingerprint density at radius 3 is 2.83 bits per heavy atom. The van der Waals surface area contributed by atoms with Crippen LogP contribution < -0.4 is 10.6 Å². The summed E-state index contributed by atoms with van der Waals surface area (Å²) in [5, 5.41) is 6.76. The number of morpholine rings is 1. The number of hydrogen-bond donors (Lipinski definition) is 2. The second-order valence-electron chi connectivity index (χ2n) is 6.60. The molecular formula is C17H34N4O3. The normalized spacial score (nSPS) is 27.2. The molecule has 2 N–H and O–H groups in total. The summed E-state index contributed by atoms with van der Waals surface area (Å²) in [6.45, 7) is 11.2. The van der Waals surface area contributed by atoms with Crippen LogP contribution in [0, 0.1) is 0 Å². The Hall–Kier alpha value is -0.890. The Bertz CT molecular complexity index is 375. The van der Waals surface area contributed by atoms with Gasteiger partial charge in [-0.2, -0.15) is 0 Å². The number of nitrogens with one attached hydrogen (secondary N) is 2. The zero-order chi connectivity index (χ0) is 17.2. The maximum atomic E-state index is 5.76. The van der Waals surface area contributed by atoms with Crippen LogP contribution in [-0.4, -0.2) is 88.8 Å². The van der Waals surface area contributed by atoms with Crippen molar-refractivity contribution in [2.75, 3.05) is 59.7 Å². The number of nitrogens with zero attached hydrogens (tertiary/aromatic N) is 2. The van der Waals surface area contributed by atoms with E-state index in [1.54, 1.807) is 0 Å².